The van der Waals surface area contributed by atoms with Crippen LogP contribution in [0.1, 0.15) is 31.4 Å². The number of rotatable bonds is 6. The lowest BCUT2D eigenvalue weighted by Gasteiger charge is -2.07. The Bertz CT molecular complexity index is 382. The van der Waals surface area contributed by atoms with E-state index in [-0.39, 0.29) is 5.91 Å². The molecule has 0 aliphatic carbocycles. The van der Waals surface area contributed by atoms with Gasteiger partial charge in [-0.25, -0.2) is 4.98 Å². The number of aryl methyl sites for hydroxylation is 1. The Morgan fingerprint density at radius 3 is 2.82 bits per heavy atom. The molecule has 0 aromatic carbocycles. The molecular weight excluding hydrogens is 238 g/mol. The maximum Gasteiger partial charge on any atom is 0.224 e. The van der Waals surface area contributed by atoms with E-state index < -0.39 is 0 Å². The predicted molar refractivity (Wildman–Crippen MR) is 70.1 cm³/mol. The van der Waals surface area contributed by atoms with E-state index in [9.17, 15) is 4.79 Å². The van der Waals surface area contributed by atoms with Gasteiger partial charge in [0.05, 0.1) is 11.4 Å². The number of aromatic nitrogens is 1. The fourth-order valence-corrected chi connectivity index (χ4v) is 1.67. The van der Waals surface area contributed by atoms with Crippen LogP contribution in [0.2, 0.25) is 5.15 Å². The van der Waals surface area contributed by atoms with Gasteiger partial charge in [0.1, 0.15) is 5.15 Å². The molecular formula is C12H18ClN3O. The Balaban J connectivity index is 2.40. The molecule has 3 N–H and O–H groups in total. The summed E-state index contributed by atoms with van der Waals surface area (Å²) in [6.07, 6.45) is 3.34. The molecule has 0 aliphatic heterocycles. The standard InChI is InChI=1S/C12H18ClN3O/c1-9-10(6-7-11(13)15-9)16-12(17)5-3-2-4-8-14/h6-7H,2-5,8,14H2,1H3,(H,16,17). The molecule has 1 amide bonds. The molecule has 5 heteroatoms. The van der Waals surface area contributed by atoms with Crippen molar-refractivity contribution in [2.45, 2.75) is 32.6 Å². The Labute approximate surface area is 107 Å². The van der Waals surface area contributed by atoms with Crippen LogP contribution in [0.15, 0.2) is 12.1 Å². The van der Waals surface area contributed by atoms with Crippen LogP contribution >= 0.6 is 11.6 Å². The predicted octanol–water partition coefficient (Wildman–Crippen LogP) is 2.50. The summed E-state index contributed by atoms with van der Waals surface area (Å²) in [7, 11) is 0. The first-order valence-electron chi connectivity index (χ1n) is 5.76. The van der Waals surface area contributed by atoms with Gasteiger partial charge in [0.25, 0.3) is 0 Å². The van der Waals surface area contributed by atoms with E-state index in [0.29, 0.717) is 18.1 Å². The van der Waals surface area contributed by atoms with Crippen molar-refractivity contribution >= 4 is 23.2 Å². The molecule has 1 heterocycles. The number of anilines is 1. The fourth-order valence-electron chi connectivity index (χ4n) is 1.48. The topological polar surface area (TPSA) is 68.0 Å². The number of hydrogen-bond donors (Lipinski definition) is 2. The summed E-state index contributed by atoms with van der Waals surface area (Å²) < 4.78 is 0. The minimum atomic E-state index is 0.00856. The number of carbonyl (C=O) groups is 1. The van der Waals surface area contributed by atoms with Crippen molar-refractivity contribution in [1.82, 2.24) is 4.98 Å². The van der Waals surface area contributed by atoms with Gasteiger partial charge < -0.3 is 11.1 Å². The molecule has 1 aromatic rings. The summed E-state index contributed by atoms with van der Waals surface area (Å²) in [6, 6.07) is 3.43. The van der Waals surface area contributed by atoms with E-state index in [4.69, 9.17) is 17.3 Å². The fraction of sp³-hybridized carbons (Fsp3) is 0.500. The third-order valence-corrected chi connectivity index (χ3v) is 2.64. The van der Waals surface area contributed by atoms with Gasteiger partial charge in [-0.15, -0.1) is 0 Å². The smallest absolute Gasteiger partial charge is 0.224 e. The lowest BCUT2D eigenvalue weighted by atomic mass is 10.2. The van der Waals surface area contributed by atoms with E-state index in [2.05, 4.69) is 10.3 Å². The monoisotopic (exact) mass is 255 g/mol. The highest BCUT2D eigenvalue weighted by molar-refractivity contribution is 6.29. The van der Waals surface area contributed by atoms with Gasteiger partial charge in [0, 0.05) is 6.42 Å². The molecule has 0 atom stereocenters. The quantitative estimate of drug-likeness (QED) is 0.606. The highest BCUT2D eigenvalue weighted by atomic mass is 35.5. The van der Waals surface area contributed by atoms with Crippen LogP contribution in [0.5, 0.6) is 0 Å². The molecule has 0 spiro atoms. The van der Waals surface area contributed by atoms with Crippen molar-refractivity contribution in [2.24, 2.45) is 5.73 Å². The summed E-state index contributed by atoms with van der Waals surface area (Å²) in [5, 5.41) is 3.26. The van der Waals surface area contributed by atoms with Crippen LogP contribution in [0, 0.1) is 6.92 Å². The SMILES string of the molecule is Cc1nc(Cl)ccc1NC(=O)CCCCCN. The van der Waals surface area contributed by atoms with Crippen LogP contribution < -0.4 is 11.1 Å². The highest BCUT2D eigenvalue weighted by Gasteiger charge is 2.05. The number of halogens is 1. The number of nitrogens with two attached hydrogens (primary N) is 1. The lowest BCUT2D eigenvalue weighted by molar-refractivity contribution is -0.116. The summed E-state index contributed by atoms with van der Waals surface area (Å²) >= 11 is 5.74. The molecule has 94 valence electrons. The van der Waals surface area contributed by atoms with Crippen molar-refractivity contribution in [3.63, 3.8) is 0 Å². The maximum atomic E-state index is 11.6. The molecule has 1 rings (SSSR count). The zero-order valence-corrected chi connectivity index (χ0v) is 10.8. The second-order valence-corrected chi connectivity index (χ2v) is 4.30. The molecule has 4 nitrogen and oxygen atoms in total. The average molecular weight is 256 g/mol. The number of carbonyl (C=O) groups excluding carboxylic acids is 1. The van der Waals surface area contributed by atoms with Gasteiger partial charge in [-0.1, -0.05) is 18.0 Å². The van der Waals surface area contributed by atoms with Gasteiger partial charge in [0.2, 0.25) is 5.91 Å². The average Bonchev–Trinajstić information content (AvgIpc) is 2.28. The van der Waals surface area contributed by atoms with E-state index in [1.54, 1.807) is 12.1 Å². The van der Waals surface area contributed by atoms with E-state index in [1.165, 1.54) is 0 Å². The van der Waals surface area contributed by atoms with Crippen LogP contribution in [-0.4, -0.2) is 17.4 Å². The molecule has 0 saturated carbocycles. The van der Waals surface area contributed by atoms with Crippen molar-refractivity contribution < 1.29 is 4.79 Å². The number of hydrogen-bond acceptors (Lipinski definition) is 3. The van der Waals surface area contributed by atoms with Crippen LogP contribution in [0.25, 0.3) is 0 Å². The summed E-state index contributed by atoms with van der Waals surface area (Å²) in [5.74, 6) is 0.00856. The number of nitrogens with zero attached hydrogens (tertiary/aromatic N) is 1. The highest BCUT2D eigenvalue weighted by Crippen LogP contribution is 2.16. The molecule has 0 fully saturated rings. The Kier molecular flexibility index (Phi) is 5.94. The van der Waals surface area contributed by atoms with Crippen molar-refractivity contribution in [1.29, 1.82) is 0 Å². The molecule has 0 aliphatic rings. The molecule has 0 radical (unpaired) electrons. The minimum absolute atomic E-state index is 0.00856. The van der Waals surface area contributed by atoms with E-state index in [0.717, 1.165) is 30.6 Å². The summed E-state index contributed by atoms with van der Waals surface area (Å²) in [5.41, 5.74) is 6.83. The normalized spacial score (nSPS) is 10.3. The first-order valence-corrected chi connectivity index (χ1v) is 6.14. The van der Waals surface area contributed by atoms with Gasteiger partial charge in [-0.3, -0.25) is 4.79 Å². The second kappa shape index (κ2) is 7.25. The van der Waals surface area contributed by atoms with Crippen LogP contribution in [-0.2, 0) is 4.79 Å². The van der Waals surface area contributed by atoms with Gasteiger partial charge in [-0.05, 0) is 38.4 Å². The Hall–Kier alpha value is -1.13. The zero-order valence-electron chi connectivity index (χ0n) is 10.0. The maximum absolute atomic E-state index is 11.6. The van der Waals surface area contributed by atoms with Crippen molar-refractivity contribution in [3.05, 3.63) is 23.0 Å². The van der Waals surface area contributed by atoms with Gasteiger partial charge in [0.15, 0.2) is 0 Å². The molecule has 0 unspecified atom stereocenters. The first-order chi connectivity index (χ1) is 8.13. The Morgan fingerprint density at radius 2 is 2.18 bits per heavy atom. The molecule has 1 aromatic heterocycles. The molecule has 17 heavy (non-hydrogen) atoms. The van der Waals surface area contributed by atoms with Crippen LogP contribution in [0.3, 0.4) is 0 Å². The third-order valence-electron chi connectivity index (χ3n) is 2.43. The third kappa shape index (κ3) is 5.15. The number of pyridine rings is 1. The second-order valence-electron chi connectivity index (χ2n) is 3.91. The van der Waals surface area contributed by atoms with Gasteiger partial charge >= 0.3 is 0 Å². The molecule has 0 bridgehead atoms. The van der Waals surface area contributed by atoms with E-state index >= 15 is 0 Å². The lowest BCUT2D eigenvalue weighted by Crippen LogP contribution is -2.12. The number of unbranched alkanes of at least 4 members (excludes halogenated alkanes) is 2. The molecule has 0 saturated heterocycles. The minimum Gasteiger partial charge on any atom is -0.330 e. The zero-order chi connectivity index (χ0) is 12.7. The van der Waals surface area contributed by atoms with Crippen molar-refractivity contribution in [2.75, 3.05) is 11.9 Å². The number of nitrogens with one attached hydrogen (secondary N) is 1. The van der Waals surface area contributed by atoms with Gasteiger partial charge in [-0.2, -0.15) is 0 Å². The largest absolute Gasteiger partial charge is 0.330 e. The van der Waals surface area contributed by atoms with Crippen LogP contribution in [0.4, 0.5) is 5.69 Å². The van der Waals surface area contributed by atoms with Crippen molar-refractivity contribution in [3.8, 4) is 0 Å². The first kappa shape index (κ1) is 13.9. The number of amides is 1. The summed E-state index contributed by atoms with van der Waals surface area (Å²) in [4.78, 5) is 15.7. The van der Waals surface area contributed by atoms with E-state index in [1.807, 2.05) is 6.92 Å². The summed E-state index contributed by atoms with van der Waals surface area (Å²) in [6.45, 7) is 2.50. The Morgan fingerprint density at radius 1 is 1.41 bits per heavy atom.